The molecular weight excluding hydrogens is 536 g/mol. The van der Waals surface area contributed by atoms with Crippen LogP contribution in [0.5, 0.6) is 5.75 Å². The summed E-state index contributed by atoms with van der Waals surface area (Å²) in [6.07, 6.45) is 1.43. The van der Waals surface area contributed by atoms with Gasteiger partial charge in [-0.15, -0.1) is 11.3 Å². The lowest BCUT2D eigenvalue weighted by Crippen LogP contribution is -2.52. The van der Waals surface area contributed by atoms with Crippen molar-refractivity contribution in [3.63, 3.8) is 0 Å². The number of hydrogen-bond acceptors (Lipinski definition) is 8. The molecular formula is C26H27F2N3O7S. The van der Waals surface area contributed by atoms with Gasteiger partial charge in [0.25, 0.3) is 5.56 Å². The average molecular weight is 564 g/mol. The largest absolute Gasteiger partial charge is 0.480 e. The lowest BCUT2D eigenvalue weighted by atomic mass is 10.1. The number of aromatic nitrogens is 3. The predicted octanol–water partition coefficient (Wildman–Crippen LogP) is 4.78. The molecule has 3 heterocycles. The molecule has 1 atom stereocenters. The Morgan fingerprint density at radius 1 is 1.23 bits per heavy atom. The van der Waals surface area contributed by atoms with Crippen molar-refractivity contribution in [1.82, 2.24) is 14.1 Å². The summed E-state index contributed by atoms with van der Waals surface area (Å²) in [5.74, 6) is -1.30. The number of carboxylic acid groups (broad SMARTS) is 1. The van der Waals surface area contributed by atoms with Crippen LogP contribution >= 0.6 is 11.3 Å². The van der Waals surface area contributed by atoms with Gasteiger partial charge in [-0.3, -0.25) is 9.36 Å². The molecule has 39 heavy (non-hydrogen) atoms. The van der Waals surface area contributed by atoms with Gasteiger partial charge in [0.05, 0.1) is 29.1 Å². The highest BCUT2D eigenvalue weighted by atomic mass is 32.1. The topological polar surface area (TPSA) is 126 Å². The average Bonchev–Trinajstić information content (AvgIpc) is 3.48. The standard InChI is InChI=1S/C26H27F2N3O7S/c1-13(2)37-17(15-8-6-7-9-16(15)38-24(27)28)12-30-22-18(14(3)19(39-22)20-29-10-11-36-20)21(32)31(25(30)35)26(4,5)23(33)34/h6-11,13,17,24H,12H2,1-5H3,(H,33,34). The Morgan fingerprint density at radius 3 is 2.51 bits per heavy atom. The molecule has 4 aromatic rings. The van der Waals surface area contributed by atoms with Crippen LogP contribution in [0.4, 0.5) is 8.78 Å². The van der Waals surface area contributed by atoms with Gasteiger partial charge in [0, 0.05) is 5.56 Å². The van der Waals surface area contributed by atoms with Crippen molar-refractivity contribution in [3.8, 4) is 16.5 Å². The first-order chi connectivity index (χ1) is 18.3. The van der Waals surface area contributed by atoms with Gasteiger partial charge in [0.1, 0.15) is 28.5 Å². The van der Waals surface area contributed by atoms with Crippen molar-refractivity contribution >= 4 is 27.5 Å². The molecule has 0 amide bonds. The summed E-state index contributed by atoms with van der Waals surface area (Å²) < 4.78 is 44.5. The van der Waals surface area contributed by atoms with E-state index in [0.717, 1.165) is 11.3 Å². The van der Waals surface area contributed by atoms with Crippen molar-refractivity contribution in [2.75, 3.05) is 0 Å². The Labute approximate surface area is 225 Å². The first kappa shape index (κ1) is 28.2. The minimum atomic E-state index is -3.10. The molecule has 4 rings (SSSR count). The van der Waals surface area contributed by atoms with E-state index in [2.05, 4.69) is 4.98 Å². The van der Waals surface area contributed by atoms with E-state index < -0.39 is 41.6 Å². The molecule has 0 fully saturated rings. The van der Waals surface area contributed by atoms with Crippen molar-refractivity contribution in [3.05, 3.63) is 68.7 Å². The highest BCUT2D eigenvalue weighted by molar-refractivity contribution is 7.22. The molecule has 0 aliphatic heterocycles. The van der Waals surface area contributed by atoms with E-state index in [1.54, 1.807) is 32.9 Å². The Kier molecular flexibility index (Phi) is 7.75. The lowest BCUT2D eigenvalue weighted by molar-refractivity contribution is -0.146. The van der Waals surface area contributed by atoms with E-state index in [1.807, 2.05) is 0 Å². The number of rotatable bonds is 10. The monoisotopic (exact) mass is 563 g/mol. The number of oxazole rings is 1. The van der Waals surface area contributed by atoms with Crippen molar-refractivity contribution < 1.29 is 32.6 Å². The molecule has 208 valence electrons. The SMILES string of the molecule is Cc1c(-c2ncco2)sc2c1c(=O)n(C(C)(C)C(=O)O)c(=O)n2CC(OC(C)C)c1ccccc1OC(F)F. The molecule has 1 unspecified atom stereocenters. The van der Waals surface area contributed by atoms with Crippen LogP contribution in [0, 0.1) is 6.92 Å². The summed E-state index contributed by atoms with van der Waals surface area (Å²) in [6.45, 7) is 4.30. The number of fused-ring (bicyclic) bond motifs is 1. The normalized spacial score (nSPS) is 12.9. The maximum atomic E-state index is 13.9. The smallest absolute Gasteiger partial charge is 0.387 e. The fraction of sp³-hybridized carbons (Fsp3) is 0.385. The summed E-state index contributed by atoms with van der Waals surface area (Å²) in [7, 11) is 0. The van der Waals surface area contributed by atoms with Gasteiger partial charge in [0.15, 0.2) is 0 Å². The van der Waals surface area contributed by atoms with Gasteiger partial charge in [0.2, 0.25) is 5.89 Å². The van der Waals surface area contributed by atoms with Crippen LogP contribution in [0.1, 0.15) is 44.9 Å². The first-order valence-corrected chi connectivity index (χ1v) is 12.8. The molecule has 0 saturated heterocycles. The number of thiophene rings is 1. The summed E-state index contributed by atoms with van der Waals surface area (Å²) in [4.78, 5) is 44.6. The number of carbonyl (C=O) groups is 1. The van der Waals surface area contributed by atoms with E-state index in [0.29, 0.717) is 15.0 Å². The Morgan fingerprint density at radius 2 is 1.92 bits per heavy atom. The molecule has 0 aliphatic carbocycles. The summed E-state index contributed by atoms with van der Waals surface area (Å²) in [5, 5.41) is 10.0. The molecule has 0 bridgehead atoms. The first-order valence-electron chi connectivity index (χ1n) is 12.0. The van der Waals surface area contributed by atoms with Gasteiger partial charge in [-0.05, 0) is 46.2 Å². The zero-order valence-electron chi connectivity index (χ0n) is 21.8. The van der Waals surface area contributed by atoms with E-state index >= 15 is 0 Å². The molecule has 1 N–H and O–H groups in total. The quantitative estimate of drug-likeness (QED) is 0.292. The number of alkyl halides is 2. The second kappa shape index (κ2) is 10.7. The fourth-order valence-electron chi connectivity index (χ4n) is 4.29. The minimum absolute atomic E-state index is 0.113. The number of nitrogens with zero attached hydrogens (tertiary/aromatic N) is 3. The van der Waals surface area contributed by atoms with Gasteiger partial charge in [-0.2, -0.15) is 8.78 Å². The molecule has 10 nitrogen and oxygen atoms in total. The Bertz CT molecular complexity index is 1620. The molecule has 0 saturated carbocycles. The van der Waals surface area contributed by atoms with Crippen LogP contribution in [0.25, 0.3) is 21.0 Å². The maximum Gasteiger partial charge on any atom is 0.387 e. The molecule has 0 aliphatic rings. The number of ether oxygens (including phenoxy) is 2. The maximum absolute atomic E-state index is 13.9. The third kappa shape index (κ3) is 5.23. The lowest BCUT2D eigenvalue weighted by Gasteiger charge is -2.26. The number of para-hydroxylation sites is 1. The highest BCUT2D eigenvalue weighted by Gasteiger charge is 2.36. The summed E-state index contributed by atoms with van der Waals surface area (Å²) >= 11 is 1.07. The van der Waals surface area contributed by atoms with Crippen molar-refractivity contribution in [1.29, 1.82) is 0 Å². The number of halogens is 2. The van der Waals surface area contributed by atoms with Gasteiger partial charge < -0.3 is 19.0 Å². The summed E-state index contributed by atoms with van der Waals surface area (Å²) in [6, 6.07) is 6.05. The van der Waals surface area contributed by atoms with E-state index in [9.17, 15) is 28.3 Å². The minimum Gasteiger partial charge on any atom is -0.480 e. The Hall–Kier alpha value is -3.84. The molecule has 3 aromatic heterocycles. The highest BCUT2D eigenvalue weighted by Crippen LogP contribution is 2.37. The van der Waals surface area contributed by atoms with Crippen LogP contribution in [0.3, 0.4) is 0 Å². The number of benzene rings is 1. The third-order valence-electron chi connectivity index (χ3n) is 6.19. The third-order valence-corrected chi connectivity index (χ3v) is 7.49. The van der Waals surface area contributed by atoms with Gasteiger partial charge in [-0.25, -0.2) is 19.1 Å². The van der Waals surface area contributed by atoms with Crippen LogP contribution in [-0.4, -0.2) is 37.9 Å². The van der Waals surface area contributed by atoms with E-state index in [-0.39, 0.29) is 34.0 Å². The van der Waals surface area contributed by atoms with Crippen molar-refractivity contribution in [2.45, 2.75) is 65.5 Å². The second-order valence-electron chi connectivity index (χ2n) is 9.56. The predicted molar refractivity (Wildman–Crippen MR) is 140 cm³/mol. The van der Waals surface area contributed by atoms with Crippen LogP contribution < -0.4 is 16.0 Å². The van der Waals surface area contributed by atoms with Gasteiger partial charge >= 0.3 is 18.3 Å². The fourth-order valence-corrected chi connectivity index (χ4v) is 5.54. The number of hydrogen-bond donors (Lipinski definition) is 1. The number of carboxylic acids is 1. The second-order valence-corrected chi connectivity index (χ2v) is 10.6. The van der Waals surface area contributed by atoms with Crippen LogP contribution in [0.2, 0.25) is 0 Å². The molecule has 0 radical (unpaired) electrons. The van der Waals surface area contributed by atoms with Crippen LogP contribution in [-0.2, 0) is 21.6 Å². The zero-order chi connectivity index (χ0) is 28.6. The van der Waals surface area contributed by atoms with Gasteiger partial charge in [-0.1, -0.05) is 18.2 Å². The molecule has 0 spiro atoms. The zero-order valence-corrected chi connectivity index (χ0v) is 22.6. The molecule has 13 heteroatoms. The van der Waals surface area contributed by atoms with E-state index in [4.69, 9.17) is 13.9 Å². The van der Waals surface area contributed by atoms with Crippen molar-refractivity contribution in [2.24, 2.45) is 0 Å². The molecule has 1 aromatic carbocycles. The number of aryl methyl sites for hydroxylation is 1. The summed E-state index contributed by atoms with van der Waals surface area (Å²) in [5.41, 5.74) is -2.89. The Balaban J connectivity index is 2.03. The van der Waals surface area contributed by atoms with Crippen LogP contribution in [0.15, 0.2) is 50.7 Å². The van der Waals surface area contributed by atoms with E-state index in [1.165, 1.54) is 43.0 Å². The number of aliphatic carboxylic acids is 1.